The monoisotopic (exact) mass is 413 g/mol. The highest BCUT2D eigenvalue weighted by atomic mass is 16.5. The fourth-order valence-electron chi connectivity index (χ4n) is 3.07. The number of anilines is 1. The van der Waals surface area contributed by atoms with E-state index in [2.05, 4.69) is 22.1 Å². The zero-order valence-corrected chi connectivity index (χ0v) is 17.2. The third kappa shape index (κ3) is 5.78. The van der Waals surface area contributed by atoms with Crippen molar-refractivity contribution in [3.05, 3.63) is 83.7 Å². The average molecular weight is 413 g/mol. The molecule has 3 N–H and O–H groups in total. The molecule has 0 bridgehead atoms. The quantitative estimate of drug-likeness (QED) is 0.455. The SMILES string of the molecule is CC#CCOC(=O)c1cccc(-c2cc(C(=O)Nc3ccncc3)ccc2CCN)c1. The summed E-state index contributed by atoms with van der Waals surface area (Å²) in [4.78, 5) is 29.0. The lowest BCUT2D eigenvalue weighted by Gasteiger charge is -2.13. The molecule has 0 fully saturated rings. The standard InChI is InChI=1S/C25H23N3O3/c1-2-3-15-31-25(30)21-6-4-5-19(16-21)23-17-20(8-7-18(23)9-12-26)24(29)28-22-10-13-27-14-11-22/h4-8,10-11,13-14,16-17H,9,12,15,26H2,1H3,(H,27,28,29). The highest BCUT2D eigenvalue weighted by molar-refractivity contribution is 6.05. The van der Waals surface area contributed by atoms with E-state index in [9.17, 15) is 9.59 Å². The van der Waals surface area contributed by atoms with Gasteiger partial charge in [-0.05, 0) is 73.0 Å². The van der Waals surface area contributed by atoms with E-state index in [1.54, 1.807) is 55.7 Å². The van der Waals surface area contributed by atoms with E-state index in [1.165, 1.54) is 0 Å². The molecule has 3 aromatic rings. The van der Waals surface area contributed by atoms with Gasteiger partial charge in [0.05, 0.1) is 5.56 Å². The minimum atomic E-state index is -0.448. The minimum Gasteiger partial charge on any atom is -0.449 e. The van der Waals surface area contributed by atoms with E-state index < -0.39 is 5.97 Å². The van der Waals surface area contributed by atoms with E-state index in [-0.39, 0.29) is 12.5 Å². The molecule has 6 nitrogen and oxygen atoms in total. The Kier molecular flexibility index (Phi) is 7.52. The number of hydrogen-bond donors (Lipinski definition) is 2. The smallest absolute Gasteiger partial charge is 0.339 e. The Hall–Kier alpha value is -3.95. The van der Waals surface area contributed by atoms with E-state index in [4.69, 9.17) is 10.5 Å². The first-order valence-electron chi connectivity index (χ1n) is 9.84. The number of nitrogens with one attached hydrogen (secondary N) is 1. The van der Waals surface area contributed by atoms with Crippen LogP contribution in [-0.2, 0) is 11.2 Å². The third-order valence-electron chi connectivity index (χ3n) is 4.59. The molecule has 0 saturated heterocycles. The number of carbonyl (C=O) groups excluding carboxylic acids is 2. The van der Waals surface area contributed by atoms with Gasteiger partial charge in [0.15, 0.2) is 6.61 Å². The first-order chi connectivity index (χ1) is 15.1. The summed E-state index contributed by atoms with van der Waals surface area (Å²) in [6, 6.07) is 16.0. The fraction of sp³-hybridized carbons (Fsp3) is 0.160. The molecule has 3 rings (SSSR count). The Morgan fingerprint density at radius 3 is 2.61 bits per heavy atom. The van der Waals surface area contributed by atoms with Gasteiger partial charge < -0.3 is 15.8 Å². The van der Waals surface area contributed by atoms with Gasteiger partial charge in [-0.15, -0.1) is 5.92 Å². The van der Waals surface area contributed by atoms with Crippen molar-refractivity contribution in [2.24, 2.45) is 5.73 Å². The van der Waals surface area contributed by atoms with E-state index >= 15 is 0 Å². The Bertz CT molecular complexity index is 1130. The fourth-order valence-corrected chi connectivity index (χ4v) is 3.07. The van der Waals surface area contributed by atoms with Crippen molar-refractivity contribution >= 4 is 17.6 Å². The maximum Gasteiger partial charge on any atom is 0.339 e. The van der Waals surface area contributed by atoms with Gasteiger partial charge >= 0.3 is 5.97 Å². The topological polar surface area (TPSA) is 94.3 Å². The van der Waals surface area contributed by atoms with Gasteiger partial charge in [-0.2, -0.15) is 0 Å². The van der Waals surface area contributed by atoms with Crippen LogP contribution >= 0.6 is 0 Å². The number of rotatable bonds is 7. The molecule has 0 aliphatic carbocycles. The number of hydrogen-bond acceptors (Lipinski definition) is 5. The third-order valence-corrected chi connectivity index (χ3v) is 4.59. The van der Waals surface area contributed by atoms with Crippen LogP contribution in [-0.4, -0.2) is 30.0 Å². The van der Waals surface area contributed by atoms with Crippen LogP contribution in [0.25, 0.3) is 11.1 Å². The van der Waals surface area contributed by atoms with Crippen LogP contribution in [0.1, 0.15) is 33.2 Å². The van der Waals surface area contributed by atoms with Crippen LogP contribution in [0.15, 0.2) is 67.0 Å². The molecule has 0 radical (unpaired) electrons. The van der Waals surface area contributed by atoms with E-state index in [1.807, 2.05) is 18.2 Å². The second kappa shape index (κ2) is 10.7. The van der Waals surface area contributed by atoms with Crippen molar-refractivity contribution in [3.8, 4) is 23.0 Å². The highest BCUT2D eigenvalue weighted by Gasteiger charge is 2.14. The van der Waals surface area contributed by atoms with Crippen LogP contribution < -0.4 is 11.1 Å². The van der Waals surface area contributed by atoms with Crippen LogP contribution in [0, 0.1) is 11.8 Å². The zero-order valence-electron chi connectivity index (χ0n) is 17.2. The summed E-state index contributed by atoms with van der Waals surface area (Å²) in [7, 11) is 0. The molecule has 1 heterocycles. The molecule has 0 unspecified atom stereocenters. The van der Waals surface area contributed by atoms with Crippen molar-refractivity contribution in [1.82, 2.24) is 4.98 Å². The number of nitrogens with two attached hydrogens (primary N) is 1. The van der Waals surface area contributed by atoms with Crippen molar-refractivity contribution in [3.63, 3.8) is 0 Å². The summed E-state index contributed by atoms with van der Waals surface area (Å²) in [6.45, 7) is 2.20. The number of ether oxygens (including phenoxy) is 1. The molecule has 2 aromatic carbocycles. The maximum atomic E-state index is 12.7. The molecule has 1 aromatic heterocycles. The Morgan fingerprint density at radius 2 is 1.87 bits per heavy atom. The number of benzene rings is 2. The Morgan fingerprint density at radius 1 is 1.06 bits per heavy atom. The maximum absolute atomic E-state index is 12.7. The lowest BCUT2D eigenvalue weighted by molar-refractivity contribution is 0.0556. The molecule has 0 atom stereocenters. The first-order valence-corrected chi connectivity index (χ1v) is 9.84. The van der Waals surface area contributed by atoms with Crippen molar-refractivity contribution in [2.75, 3.05) is 18.5 Å². The minimum absolute atomic E-state index is 0.0443. The summed E-state index contributed by atoms with van der Waals surface area (Å²) in [5.41, 5.74) is 10.00. The van der Waals surface area contributed by atoms with Crippen LogP contribution in [0.5, 0.6) is 0 Å². The second-order valence-electron chi connectivity index (χ2n) is 6.68. The van der Waals surface area contributed by atoms with Crippen LogP contribution in [0.3, 0.4) is 0 Å². The Labute approximate surface area is 181 Å². The summed E-state index contributed by atoms with van der Waals surface area (Å²) >= 11 is 0. The van der Waals surface area contributed by atoms with Gasteiger partial charge in [0.1, 0.15) is 0 Å². The van der Waals surface area contributed by atoms with Crippen molar-refractivity contribution < 1.29 is 14.3 Å². The molecular formula is C25H23N3O3. The molecular weight excluding hydrogens is 390 g/mol. The molecule has 0 aliphatic rings. The predicted octanol–water partition coefficient (Wildman–Crippen LogP) is 3.68. The first kappa shape index (κ1) is 21.8. The van der Waals surface area contributed by atoms with E-state index in [0.717, 1.165) is 16.7 Å². The number of nitrogens with zero attached hydrogens (tertiary/aromatic N) is 1. The summed E-state index contributed by atoms with van der Waals surface area (Å²) < 4.78 is 5.16. The second-order valence-corrected chi connectivity index (χ2v) is 6.68. The van der Waals surface area contributed by atoms with Crippen molar-refractivity contribution in [1.29, 1.82) is 0 Å². The largest absolute Gasteiger partial charge is 0.449 e. The number of pyridine rings is 1. The average Bonchev–Trinajstić information content (AvgIpc) is 2.80. The van der Waals surface area contributed by atoms with Gasteiger partial charge in [-0.1, -0.05) is 24.1 Å². The molecule has 6 heteroatoms. The molecule has 0 saturated carbocycles. The Balaban J connectivity index is 1.92. The lowest BCUT2D eigenvalue weighted by atomic mass is 9.94. The van der Waals surface area contributed by atoms with Gasteiger partial charge in [-0.25, -0.2) is 4.79 Å². The normalized spacial score (nSPS) is 10.0. The molecule has 1 amide bonds. The molecule has 0 aliphatic heterocycles. The summed E-state index contributed by atoms with van der Waals surface area (Å²) in [5.74, 6) is 4.71. The highest BCUT2D eigenvalue weighted by Crippen LogP contribution is 2.27. The number of esters is 1. The summed E-state index contributed by atoms with van der Waals surface area (Å²) in [5, 5.41) is 2.86. The number of amides is 1. The zero-order chi connectivity index (χ0) is 22.1. The van der Waals surface area contributed by atoms with E-state index in [0.29, 0.717) is 29.8 Å². The molecule has 0 spiro atoms. The predicted molar refractivity (Wildman–Crippen MR) is 121 cm³/mol. The summed E-state index contributed by atoms with van der Waals surface area (Å²) in [6.07, 6.45) is 3.87. The lowest BCUT2D eigenvalue weighted by Crippen LogP contribution is -2.13. The van der Waals surface area contributed by atoms with Gasteiger partial charge in [0.2, 0.25) is 0 Å². The van der Waals surface area contributed by atoms with Gasteiger partial charge in [0.25, 0.3) is 5.91 Å². The number of carbonyl (C=O) groups is 2. The van der Waals surface area contributed by atoms with Crippen molar-refractivity contribution in [2.45, 2.75) is 13.3 Å². The molecule has 156 valence electrons. The van der Waals surface area contributed by atoms with Gasteiger partial charge in [0, 0.05) is 23.6 Å². The molecule has 31 heavy (non-hydrogen) atoms. The van der Waals surface area contributed by atoms with Crippen LogP contribution in [0.2, 0.25) is 0 Å². The number of aromatic nitrogens is 1. The van der Waals surface area contributed by atoms with Crippen LogP contribution in [0.4, 0.5) is 5.69 Å². The van der Waals surface area contributed by atoms with Gasteiger partial charge in [-0.3, -0.25) is 9.78 Å².